The number of para-hydroxylation sites is 1. The Balaban J connectivity index is 2.33. The van der Waals surface area contributed by atoms with Gasteiger partial charge in [-0.15, -0.1) is 11.3 Å². The molecule has 7 heteroatoms. The molecule has 0 fully saturated rings. The smallest absolute Gasteiger partial charge is 0.273 e. The van der Waals surface area contributed by atoms with Crippen molar-refractivity contribution in [2.24, 2.45) is 0 Å². The highest BCUT2D eigenvalue weighted by Crippen LogP contribution is 2.16. The maximum absolute atomic E-state index is 13.6. The van der Waals surface area contributed by atoms with Crippen LogP contribution in [0.3, 0.4) is 0 Å². The van der Waals surface area contributed by atoms with E-state index < -0.39 is 5.91 Å². The van der Waals surface area contributed by atoms with E-state index in [1.807, 2.05) is 62.4 Å². The predicted molar refractivity (Wildman–Crippen MR) is 132 cm³/mol. The molecule has 1 N–H and O–H groups in total. The van der Waals surface area contributed by atoms with Gasteiger partial charge in [-0.1, -0.05) is 49.4 Å². The molecule has 0 aliphatic heterocycles. The molecule has 0 unspecified atom stereocenters. The molecule has 0 saturated carbocycles. The van der Waals surface area contributed by atoms with Crippen molar-refractivity contribution in [1.29, 1.82) is 5.26 Å². The molecule has 0 spiro atoms. The number of carbonyl (C=O) groups is 1. The zero-order valence-corrected chi connectivity index (χ0v) is 20.1. The molecule has 0 aliphatic carbocycles. The monoisotopic (exact) mass is 461 g/mol. The molecule has 0 atom stereocenters. The maximum atomic E-state index is 13.6. The molecule has 1 amide bonds. The first-order chi connectivity index (χ1) is 15.9. The van der Waals surface area contributed by atoms with Gasteiger partial charge < -0.3 is 10.1 Å². The number of aryl methyl sites for hydroxylation is 3. The van der Waals surface area contributed by atoms with E-state index in [4.69, 9.17) is 4.74 Å². The number of thiazole rings is 1. The number of nitrogens with zero attached hydrogens (tertiary/aromatic N) is 2. The number of hydrogen-bond donors (Lipinski definition) is 1. The van der Waals surface area contributed by atoms with Crippen LogP contribution in [0, 0.1) is 25.2 Å². The van der Waals surface area contributed by atoms with Crippen LogP contribution in [0.5, 0.6) is 0 Å². The Hall–Kier alpha value is -3.47. The number of amides is 1. The number of hydrogen-bond acceptors (Lipinski definition) is 5. The third-order valence-corrected chi connectivity index (χ3v) is 6.41. The molecule has 2 aromatic carbocycles. The second kappa shape index (κ2) is 10.9. The highest BCUT2D eigenvalue weighted by molar-refractivity contribution is 7.07. The van der Waals surface area contributed by atoms with Crippen LogP contribution in [0.1, 0.15) is 29.2 Å². The summed E-state index contributed by atoms with van der Waals surface area (Å²) >= 11 is 1.15. The summed E-state index contributed by atoms with van der Waals surface area (Å²) in [4.78, 5) is 26.4. The lowest BCUT2D eigenvalue weighted by molar-refractivity contribution is -0.115. The second-order valence-electron chi connectivity index (χ2n) is 7.63. The molecule has 1 aromatic heterocycles. The summed E-state index contributed by atoms with van der Waals surface area (Å²) in [6.45, 7) is 6.50. The fourth-order valence-electron chi connectivity index (χ4n) is 3.56. The van der Waals surface area contributed by atoms with Gasteiger partial charge in [-0.2, -0.15) is 5.26 Å². The number of ether oxygens (including phenoxy) is 1. The van der Waals surface area contributed by atoms with Crippen molar-refractivity contribution in [2.45, 2.75) is 27.2 Å². The minimum absolute atomic E-state index is 0.100. The van der Waals surface area contributed by atoms with Crippen LogP contribution in [0.4, 0.5) is 0 Å². The van der Waals surface area contributed by atoms with Crippen molar-refractivity contribution in [3.63, 3.8) is 0 Å². The van der Waals surface area contributed by atoms with Crippen LogP contribution in [-0.2, 0) is 16.0 Å². The lowest BCUT2D eigenvalue weighted by Crippen LogP contribution is -2.35. The van der Waals surface area contributed by atoms with Gasteiger partial charge in [0.2, 0.25) is 0 Å². The Morgan fingerprint density at radius 3 is 2.42 bits per heavy atom. The minimum atomic E-state index is -0.533. The molecular weight excluding hydrogens is 434 g/mol. The van der Waals surface area contributed by atoms with Crippen molar-refractivity contribution >= 4 is 28.9 Å². The van der Waals surface area contributed by atoms with E-state index >= 15 is 0 Å². The van der Waals surface area contributed by atoms with Crippen LogP contribution >= 0.6 is 11.3 Å². The lowest BCUT2D eigenvalue weighted by Gasteiger charge is -2.11. The van der Waals surface area contributed by atoms with E-state index in [1.165, 1.54) is 17.2 Å². The number of nitriles is 1. The topological polar surface area (TPSA) is 84.1 Å². The predicted octanol–water partition coefficient (Wildman–Crippen LogP) is 2.34. The van der Waals surface area contributed by atoms with Crippen LogP contribution < -0.4 is 20.1 Å². The van der Waals surface area contributed by atoms with Gasteiger partial charge in [0, 0.05) is 13.7 Å². The van der Waals surface area contributed by atoms with E-state index in [1.54, 1.807) is 6.08 Å². The van der Waals surface area contributed by atoms with Crippen molar-refractivity contribution < 1.29 is 9.53 Å². The number of benzene rings is 2. The van der Waals surface area contributed by atoms with E-state index in [9.17, 15) is 14.9 Å². The molecule has 3 rings (SSSR count). The minimum Gasteiger partial charge on any atom is -0.383 e. The van der Waals surface area contributed by atoms with Gasteiger partial charge in [0.1, 0.15) is 10.7 Å². The summed E-state index contributed by atoms with van der Waals surface area (Å²) in [5.41, 5.74) is 4.18. The fraction of sp³-hybridized carbons (Fsp3) is 0.269. The van der Waals surface area contributed by atoms with Gasteiger partial charge in [-0.25, -0.2) is 0 Å². The Kier molecular flexibility index (Phi) is 7.99. The van der Waals surface area contributed by atoms with Crippen LogP contribution in [0.15, 0.2) is 47.3 Å². The zero-order chi connectivity index (χ0) is 24.0. The summed E-state index contributed by atoms with van der Waals surface area (Å²) in [5.74, 6) is -0.533. The molecule has 6 nitrogen and oxygen atoms in total. The van der Waals surface area contributed by atoms with Crippen LogP contribution in [0.25, 0.3) is 17.3 Å². The molecule has 1 heterocycles. The quantitative estimate of drug-likeness (QED) is 0.548. The van der Waals surface area contributed by atoms with E-state index in [-0.39, 0.29) is 17.7 Å². The number of rotatable bonds is 7. The Labute approximate surface area is 197 Å². The van der Waals surface area contributed by atoms with Gasteiger partial charge in [0.15, 0.2) is 5.57 Å². The first kappa shape index (κ1) is 24.2. The van der Waals surface area contributed by atoms with Gasteiger partial charge in [-0.05, 0) is 48.6 Å². The first-order valence-corrected chi connectivity index (χ1v) is 11.5. The first-order valence-electron chi connectivity index (χ1n) is 10.7. The summed E-state index contributed by atoms with van der Waals surface area (Å²) in [6, 6.07) is 15.7. The lowest BCUT2D eigenvalue weighted by atomic mass is 10.1. The number of aromatic nitrogens is 1. The summed E-state index contributed by atoms with van der Waals surface area (Å²) in [6.07, 6.45) is 2.74. The molecule has 170 valence electrons. The van der Waals surface area contributed by atoms with Crippen molar-refractivity contribution in [3.05, 3.63) is 84.3 Å². The Morgan fingerprint density at radius 1 is 1.18 bits per heavy atom. The maximum Gasteiger partial charge on any atom is 0.273 e. The van der Waals surface area contributed by atoms with Crippen molar-refractivity contribution in [1.82, 2.24) is 9.88 Å². The molecular formula is C26H27N3O3S. The molecule has 3 aromatic rings. The van der Waals surface area contributed by atoms with Crippen molar-refractivity contribution in [3.8, 4) is 11.8 Å². The molecule has 33 heavy (non-hydrogen) atoms. The highest BCUT2D eigenvalue weighted by Gasteiger charge is 2.18. The normalized spacial score (nSPS) is 12.4. The molecule has 0 aliphatic rings. The molecule has 0 radical (unpaired) electrons. The Morgan fingerprint density at radius 2 is 1.85 bits per heavy atom. The van der Waals surface area contributed by atoms with Gasteiger partial charge in [0.25, 0.3) is 11.5 Å². The average Bonchev–Trinajstić information content (AvgIpc) is 3.10. The average molecular weight is 462 g/mol. The van der Waals surface area contributed by atoms with E-state index in [0.29, 0.717) is 21.5 Å². The van der Waals surface area contributed by atoms with E-state index in [0.717, 1.165) is 34.4 Å². The summed E-state index contributed by atoms with van der Waals surface area (Å²) in [7, 11) is 1.54. The summed E-state index contributed by atoms with van der Waals surface area (Å²) in [5, 5.41) is 12.6. The zero-order valence-electron chi connectivity index (χ0n) is 19.3. The third-order valence-electron chi connectivity index (χ3n) is 5.32. The highest BCUT2D eigenvalue weighted by atomic mass is 32.1. The summed E-state index contributed by atoms with van der Waals surface area (Å²) < 4.78 is 7.24. The van der Waals surface area contributed by atoms with Crippen molar-refractivity contribution in [2.75, 3.05) is 20.3 Å². The number of nitrogens with one attached hydrogen (secondary N) is 1. The second-order valence-corrected chi connectivity index (χ2v) is 8.66. The molecule has 0 saturated heterocycles. The van der Waals surface area contributed by atoms with Crippen LogP contribution in [-0.4, -0.2) is 30.7 Å². The van der Waals surface area contributed by atoms with Gasteiger partial charge in [-0.3, -0.25) is 14.2 Å². The van der Waals surface area contributed by atoms with Gasteiger partial charge >= 0.3 is 0 Å². The van der Waals surface area contributed by atoms with Crippen LogP contribution in [0.2, 0.25) is 0 Å². The Bertz CT molecular complexity index is 1360. The number of carbonyl (C=O) groups excluding carboxylic acids is 1. The van der Waals surface area contributed by atoms with Gasteiger partial charge in [0.05, 0.1) is 16.8 Å². The third kappa shape index (κ3) is 5.30. The molecule has 0 bridgehead atoms. The van der Waals surface area contributed by atoms with E-state index in [2.05, 4.69) is 12.2 Å². The SMILES string of the molecule is CCc1ccc(/C=c2\s/c(=C(/C#N)C(=O)NCCOC)n(-c3c(C)cccc3C)c2=O)cc1. The fourth-order valence-corrected chi connectivity index (χ4v) is 4.65. The largest absolute Gasteiger partial charge is 0.383 e. The standard InChI is InChI=1S/C26H27N3O3S/c1-5-19-9-11-20(12-10-19)15-22-25(31)29(23-17(2)7-6-8-18(23)3)26(33-22)21(16-27)24(30)28-13-14-32-4/h6-12,15H,5,13-14H2,1-4H3,(H,28,30)/b22-15-,26-21-. The number of methoxy groups -OCH3 is 1.